The Balaban J connectivity index is 2.32. The first-order chi connectivity index (χ1) is 8.99. The van der Waals surface area contributed by atoms with Crippen LogP contribution in [-0.4, -0.2) is 10.9 Å². The molecule has 0 fully saturated rings. The maximum Gasteiger partial charge on any atom is 0.256 e. The van der Waals surface area contributed by atoms with Crippen LogP contribution < -0.4 is 11.1 Å². The van der Waals surface area contributed by atoms with E-state index in [2.05, 4.69) is 21.2 Å². The molecule has 1 amide bonds. The zero-order valence-corrected chi connectivity index (χ0v) is 13.3. The van der Waals surface area contributed by atoms with Gasteiger partial charge < -0.3 is 11.1 Å². The Hall–Kier alpha value is -1.24. The highest BCUT2D eigenvalue weighted by molar-refractivity contribution is 9.10. The summed E-state index contributed by atoms with van der Waals surface area (Å²) in [6.45, 7) is 1.90. The Bertz CT molecular complexity index is 652. The molecule has 6 heteroatoms. The summed E-state index contributed by atoms with van der Waals surface area (Å²) in [5.41, 5.74) is 8.55. The van der Waals surface area contributed by atoms with Gasteiger partial charge >= 0.3 is 0 Å². The summed E-state index contributed by atoms with van der Waals surface area (Å²) in [6, 6.07) is 5.40. The smallest absolute Gasteiger partial charge is 0.256 e. The minimum atomic E-state index is -0.154. The number of aryl methyl sites for hydroxylation is 1. The van der Waals surface area contributed by atoms with Gasteiger partial charge in [-0.05, 0) is 36.1 Å². The predicted molar refractivity (Wildman–Crippen MR) is 87.0 cm³/mol. The van der Waals surface area contributed by atoms with E-state index in [1.807, 2.05) is 23.8 Å². The zero-order valence-electron chi connectivity index (χ0n) is 10.1. The highest BCUT2D eigenvalue weighted by Gasteiger charge is 2.13. The fourth-order valence-electron chi connectivity index (χ4n) is 1.61. The van der Waals surface area contributed by atoms with E-state index in [-0.39, 0.29) is 10.9 Å². The Kier molecular flexibility index (Phi) is 4.34. The minimum Gasteiger partial charge on any atom is -0.389 e. The van der Waals surface area contributed by atoms with E-state index in [0.29, 0.717) is 16.8 Å². The highest BCUT2D eigenvalue weighted by Crippen LogP contribution is 2.23. The van der Waals surface area contributed by atoms with Crippen molar-refractivity contribution in [2.45, 2.75) is 6.92 Å². The normalized spacial score (nSPS) is 10.2. The van der Waals surface area contributed by atoms with Crippen molar-refractivity contribution in [3.63, 3.8) is 0 Å². The van der Waals surface area contributed by atoms with Crippen molar-refractivity contribution in [1.82, 2.24) is 0 Å². The van der Waals surface area contributed by atoms with Crippen molar-refractivity contribution in [2.24, 2.45) is 5.73 Å². The summed E-state index contributed by atoms with van der Waals surface area (Å²) >= 11 is 9.85. The van der Waals surface area contributed by atoms with Gasteiger partial charge in [-0.15, -0.1) is 0 Å². The standard InChI is InChI=1S/C13H11BrN2OS2/c1-7-5-19-6-10(7)13(17)16-11-3-2-8(14)4-9(11)12(15)18/h2-6H,1H3,(H2,15,18)(H,16,17). The fraction of sp³-hybridized carbons (Fsp3) is 0.0769. The molecule has 0 bridgehead atoms. The Morgan fingerprint density at radius 1 is 1.37 bits per heavy atom. The third kappa shape index (κ3) is 3.20. The molecule has 1 heterocycles. The van der Waals surface area contributed by atoms with Gasteiger partial charge in [0.05, 0.1) is 11.3 Å². The van der Waals surface area contributed by atoms with Crippen LogP contribution in [0.2, 0.25) is 0 Å². The topological polar surface area (TPSA) is 55.1 Å². The van der Waals surface area contributed by atoms with Crippen molar-refractivity contribution in [3.05, 3.63) is 50.1 Å². The fourth-order valence-corrected chi connectivity index (χ4v) is 2.97. The first kappa shape index (κ1) is 14.2. The number of anilines is 1. The molecule has 0 spiro atoms. The van der Waals surface area contributed by atoms with Crippen molar-refractivity contribution in [1.29, 1.82) is 0 Å². The molecule has 1 aromatic heterocycles. The van der Waals surface area contributed by atoms with Gasteiger partial charge in [0.1, 0.15) is 4.99 Å². The van der Waals surface area contributed by atoms with Gasteiger partial charge in [-0.2, -0.15) is 11.3 Å². The number of hydrogen-bond acceptors (Lipinski definition) is 3. The molecule has 0 atom stereocenters. The van der Waals surface area contributed by atoms with Crippen molar-refractivity contribution >= 4 is 56.1 Å². The average molecular weight is 355 g/mol. The number of benzene rings is 1. The average Bonchev–Trinajstić information content (AvgIpc) is 2.77. The second kappa shape index (κ2) is 5.81. The van der Waals surface area contributed by atoms with Gasteiger partial charge in [0, 0.05) is 15.4 Å². The number of halogens is 1. The number of carbonyl (C=O) groups is 1. The number of thiocarbonyl (C=S) groups is 1. The van der Waals surface area contributed by atoms with Crippen LogP contribution in [0, 0.1) is 6.92 Å². The van der Waals surface area contributed by atoms with Crippen LogP contribution in [0.3, 0.4) is 0 Å². The molecule has 0 radical (unpaired) electrons. The predicted octanol–water partition coefficient (Wildman–Crippen LogP) is 3.71. The first-order valence-corrected chi connectivity index (χ1v) is 7.57. The van der Waals surface area contributed by atoms with Crippen molar-refractivity contribution in [2.75, 3.05) is 5.32 Å². The minimum absolute atomic E-state index is 0.154. The molecular formula is C13H11BrN2OS2. The number of nitrogens with one attached hydrogen (secondary N) is 1. The lowest BCUT2D eigenvalue weighted by Gasteiger charge is -2.10. The number of amides is 1. The van der Waals surface area contributed by atoms with Crippen molar-refractivity contribution in [3.8, 4) is 0 Å². The number of nitrogens with two attached hydrogens (primary N) is 1. The maximum atomic E-state index is 12.2. The van der Waals surface area contributed by atoms with Crippen LogP contribution in [0.4, 0.5) is 5.69 Å². The molecule has 2 aromatic rings. The third-order valence-corrected chi connectivity index (χ3v) is 4.17. The lowest BCUT2D eigenvalue weighted by Crippen LogP contribution is -2.17. The largest absolute Gasteiger partial charge is 0.389 e. The molecule has 0 aliphatic carbocycles. The van der Waals surface area contributed by atoms with E-state index in [1.165, 1.54) is 11.3 Å². The third-order valence-electron chi connectivity index (χ3n) is 2.60. The van der Waals surface area contributed by atoms with E-state index in [0.717, 1.165) is 10.0 Å². The Morgan fingerprint density at radius 3 is 2.68 bits per heavy atom. The molecule has 0 aliphatic rings. The molecule has 98 valence electrons. The van der Waals surface area contributed by atoms with Crippen molar-refractivity contribution < 1.29 is 4.79 Å². The summed E-state index contributed by atoms with van der Waals surface area (Å²) in [6.07, 6.45) is 0. The highest BCUT2D eigenvalue weighted by atomic mass is 79.9. The van der Waals surface area contributed by atoms with Gasteiger partial charge in [0.15, 0.2) is 0 Å². The molecule has 0 saturated heterocycles. The number of carbonyl (C=O) groups excluding carboxylic acids is 1. The Morgan fingerprint density at radius 2 is 2.11 bits per heavy atom. The van der Waals surface area contributed by atoms with Crippen LogP contribution in [0.15, 0.2) is 33.4 Å². The van der Waals surface area contributed by atoms with Crippen LogP contribution in [0.1, 0.15) is 21.5 Å². The molecule has 0 aliphatic heterocycles. The molecule has 2 rings (SSSR count). The molecule has 3 nitrogen and oxygen atoms in total. The quantitative estimate of drug-likeness (QED) is 0.826. The SMILES string of the molecule is Cc1cscc1C(=O)Nc1ccc(Br)cc1C(N)=S. The molecule has 0 unspecified atom stereocenters. The first-order valence-electron chi connectivity index (χ1n) is 5.42. The van der Waals surface area contributed by atoms with Gasteiger partial charge in [-0.1, -0.05) is 28.1 Å². The molecule has 3 N–H and O–H groups in total. The lowest BCUT2D eigenvalue weighted by molar-refractivity contribution is 0.102. The van der Waals surface area contributed by atoms with Crippen LogP contribution in [0.5, 0.6) is 0 Å². The Labute approximate surface area is 129 Å². The van der Waals surface area contributed by atoms with Crippen LogP contribution in [-0.2, 0) is 0 Å². The molecular weight excluding hydrogens is 344 g/mol. The molecule has 0 saturated carbocycles. The summed E-state index contributed by atoms with van der Waals surface area (Å²) in [4.78, 5) is 12.4. The second-order valence-electron chi connectivity index (χ2n) is 3.98. The zero-order chi connectivity index (χ0) is 14.0. The number of thiophene rings is 1. The van der Waals surface area contributed by atoms with Gasteiger partial charge in [0.25, 0.3) is 5.91 Å². The summed E-state index contributed by atoms with van der Waals surface area (Å²) in [5, 5.41) is 6.60. The van der Waals surface area contributed by atoms with Gasteiger partial charge in [-0.3, -0.25) is 4.79 Å². The monoisotopic (exact) mass is 354 g/mol. The molecule has 1 aromatic carbocycles. The van der Waals surface area contributed by atoms with Crippen LogP contribution >= 0.6 is 39.5 Å². The van der Waals surface area contributed by atoms with E-state index in [9.17, 15) is 4.79 Å². The molecule has 19 heavy (non-hydrogen) atoms. The van der Waals surface area contributed by atoms with Gasteiger partial charge in [-0.25, -0.2) is 0 Å². The van der Waals surface area contributed by atoms with Gasteiger partial charge in [0.2, 0.25) is 0 Å². The summed E-state index contributed by atoms with van der Waals surface area (Å²) < 4.78 is 0.861. The maximum absolute atomic E-state index is 12.2. The van der Waals surface area contributed by atoms with E-state index in [1.54, 1.807) is 12.1 Å². The number of hydrogen-bond donors (Lipinski definition) is 2. The van der Waals surface area contributed by atoms with E-state index < -0.39 is 0 Å². The second-order valence-corrected chi connectivity index (χ2v) is 6.08. The summed E-state index contributed by atoms with van der Waals surface area (Å²) in [7, 11) is 0. The number of rotatable bonds is 3. The summed E-state index contributed by atoms with van der Waals surface area (Å²) in [5.74, 6) is -0.154. The lowest BCUT2D eigenvalue weighted by atomic mass is 10.1. The van der Waals surface area contributed by atoms with E-state index >= 15 is 0 Å². The van der Waals surface area contributed by atoms with E-state index in [4.69, 9.17) is 18.0 Å². The van der Waals surface area contributed by atoms with Crippen LogP contribution in [0.25, 0.3) is 0 Å².